The van der Waals surface area contributed by atoms with Crippen LogP contribution in [-0.2, 0) is 9.53 Å². The van der Waals surface area contributed by atoms with Crippen molar-refractivity contribution in [1.82, 2.24) is 24.6 Å². The van der Waals surface area contributed by atoms with Crippen LogP contribution < -0.4 is 9.64 Å². The van der Waals surface area contributed by atoms with Crippen molar-refractivity contribution in [2.45, 2.75) is 50.4 Å². The highest BCUT2D eigenvalue weighted by Crippen LogP contribution is 2.36. The van der Waals surface area contributed by atoms with Crippen LogP contribution in [0.1, 0.15) is 36.3 Å². The van der Waals surface area contributed by atoms with Crippen molar-refractivity contribution in [3.05, 3.63) is 35.5 Å². The van der Waals surface area contributed by atoms with Gasteiger partial charge in [-0.25, -0.2) is 9.07 Å². The van der Waals surface area contributed by atoms with Gasteiger partial charge >= 0.3 is 12.0 Å². The Bertz CT molecular complexity index is 1330. The van der Waals surface area contributed by atoms with Gasteiger partial charge in [-0.1, -0.05) is 0 Å². The summed E-state index contributed by atoms with van der Waals surface area (Å²) in [6.45, 7) is 4.77. The number of carboxylic acid groups (broad SMARTS) is 1. The Hall–Kier alpha value is -3.31. The van der Waals surface area contributed by atoms with E-state index in [0.717, 1.165) is 40.8 Å². The number of aromatic nitrogens is 4. The summed E-state index contributed by atoms with van der Waals surface area (Å²) in [5, 5.41) is 14.5. The number of aryl methyl sites for hydroxylation is 1. The number of benzene rings is 1. The number of hydrogen-bond acceptors (Lipinski definition) is 8. The van der Waals surface area contributed by atoms with Crippen LogP contribution in [-0.4, -0.2) is 93.9 Å². The van der Waals surface area contributed by atoms with Crippen molar-refractivity contribution < 1.29 is 23.8 Å². The Labute approximate surface area is 214 Å². The molecule has 0 amide bonds. The van der Waals surface area contributed by atoms with E-state index in [9.17, 15) is 4.79 Å². The van der Waals surface area contributed by atoms with Gasteiger partial charge in [0.05, 0.1) is 44.0 Å². The molecule has 2 bridgehead atoms. The van der Waals surface area contributed by atoms with Crippen LogP contribution in [0.2, 0.25) is 0 Å². The van der Waals surface area contributed by atoms with E-state index >= 15 is 4.39 Å². The summed E-state index contributed by atoms with van der Waals surface area (Å²) in [5.41, 5.74) is 2.82. The van der Waals surface area contributed by atoms with E-state index in [1.165, 1.54) is 0 Å². The van der Waals surface area contributed by atoms with Gasteiger partial charge < -0.3 is 19.5 Å². The highest BCUT2D eigenvalue weighted by atomic mass is 19.1. The predicted octanol–water partition coefficient (Wildman–Crippen LogP) is 2.71. The fraction of sp³-hybridized carbons (Fsp3) is 0.538. The molecule has 10 nitrogen and oxygen atoms in total. The molecule has 3 fully saturated rings. The SMILES string of the molecule is COc1nc(N2C[C@H]3C[C@@H]2CO3)cc(-n2ncc3cc(C)c(C4CCN(CCC(=O)O)CC4F)cc32)n1. The quantitative estimate of drug-likeness (QED) is 0.514. The smallest absolute Gasteiger partial charge is 0.320 e. The molecule has 6 rings (SSSR count). The number of nitrogens with zero attached hydrogens (tertiary/aromatic N) is 6. The number of carboxylic acids is 1. The van der Waals surface area contributed by atoms with E-state index in [4.69, 9.17) is 14.6 Å². The molecule has 2 unspecified atom stereocenters. The van der Waals surface area contributed by atoms with E-state index < -0.39 is 12.1 Å². The lowest BCUT2D eigenvalue weighted by molar-refractivity contribution is -0.137. The van der Waals surface area contributed by atoms with E-state index in [0.29, 0.717) is 38.0 Å². The molecule has 196 valence electrons. The standard InChI is InChI=1S/C26H31FN6O4/c1-15-7-16-11-28-33(22(16)9-20(15)19-3-5-31(13-21(19)27)6-4-25(34)35)24-10-23(29-26(30-24)36-2)32-12-18-8-17(32)14-37-18/h7,9-11,17-19,21H,3-6,8,12-14H2,1-2H3,(H,34,35)/t17-,18-,19?,21?/m1/s1. The molecular formula is C26H31FN6O4. The van der Waals surface area contributed by atoms with Gasteiger partial charge in [0.15, 0.2) is 5.82 Å². The molecule has 3 aromatic rings. The molecule has 1 N–H and O–H groups in total. The molecule has 1 aromatic carbocycles. The van der Waals surface area contributed by atoms with Gasteiger partial charge in [0.2, 0.25) is 0 Å². The van der Waals surface area contributed by atoms with Gasteiger partial charge in [0, 0.05) is 37.0 Å². The van der Waals surface area contributed by atoms with Crippen molar-refractivity contribution in [3.63, 3.8) is 0 Å². The second-order valence-electron chi connectivity index (χ2n) is 10.2. The van der Waals surface area contributed by atoms with Crippen LogP contribution in [0.15, 0.2) is 24.4 Å². The number of morpholine rings is 1. The zero-order valence-corrected chi connectivity index (χ0v) is 21.0. The van der Waals surface area contributed by atoms with Gasteiger partial charge in [-0.05, 0) is 49.6 Å². The van der Waals surface area contributed by atoms with Crippen LogP contribution in [0.5, 0.6) is 6.01 Å². The van der Waals surface area contributed by atoms with Gasteiger partial charge in [-0.2, -0.15) is 15.1 Å². The molecule has 0 aliphatic carbocycles. The number of methoxy groups -OCH3 is 1. The molecule has 4 atom stereocenters. The summed E-state index contributed by atoms with van der Waals surface area (Å²) < 4.78 is 28.3. The van der Waals surface area contributed by atoms with Crippen LogP contribution >= 0.6 is 0 Å². The summed E-state index contributed by atoms with van der Waals surface area (Å²) in [7, 11) is 1.55. The predicted molar refractivity (Wildman–Crippen MR) is 134 cm³/mol. The topological polar surface area (TPSA) is 106 Å². The fourth-order valence-corrected chi connectivity index (χ4v) is 5.99. The second kappa shape index (κ2) is 9.53. The first-order valence-corrected chi connectivity index (χ1v) is 12.8. The number of piperidine rings is 1. The van der Waals surface area contributed by atoms with Crippen LogP contribution in [0.25, 0.3) is 16.7 Å². The molecule has 2 aromatic heterocycles. The third-order valence-corrected chi connectivity index (χ3v) is 7.90. The molecule has 0 saturated carbocycles. The Morgan fingerprint density at radius 2 is 2.08 bits per heavy atom. The zero-order chi connectivity index (χ0) is 25.7. The molecule has 5 heterocycles. The third-order valence-electron chi connectivity index (χ3n) is 7.90. The van der Waals surface area contributed by atoms with Crippen LogP contribution in [0, 0.1) is 6.92 Å². The van der Waals surface area contributed by atoms with Crippen molar-refractivity contribution >= 4 is 22.7 Å². The molecule has 11 heteroatoms. The van der Waals surface area contributed by atoms with Crippen LogP contribution in [0.3, 0.4) is 0 Å². The van der Waals surface area contributed by atoms with Gasteiger partial charge in [0.25, 0.3) is 0 Å². The number of fused-ring (bicyclic) bond motifs is 3. The largest absolute Gasteiger partial charge is 0.481 e. The second-order valence-corrected chi connectivity index (χ2v) is 10.2. The number of rotatable bonds is 7. The molecule has 37 heavy (non-hydrogen) atoms. The van der Waals surface area contributed by atoms with Gasteiger partial charge in [-0.15, -0.1) is 0 Å². The summed E-state index contributed by atoms with van der Waals surface area (Å²) in [5.74, 6) is 0.258. The Morgan fingerprint density at radius 1 is 1.24 bits per heavy atom. The number of carbonyl (C=O) groups is 1. The lowest BCUT2D eigenvalue weighted by Gasteiger charge is -2.35. The molecular weight excluding hydrogens is 479 g/mol. The van der Waals surface area contributed by atoms with Gasteiger partial charge in [-0.3, -0.25) is 9.69 Å². The van der Waals surface area contributed by atoms with Gasteiger partial charge in [0.1, 0.15) is 12.0 Å². The minimum Gasteiger partial charge on any atom is -0.481 e. The fourth-order valence-electron chi connectivity index (χ4n) is 5.99. The average molecular weight is 511 g/mol. The van der Waals surface area contributed by atoms with E-state index in [1.54, 1.807) is 18.0 Å². The maximum absolute atomic E-state index is 15.4. The van der Waals surface area contributed by atoms with Crippen LogP contribution in [0.4, 0.5) is 10.2 Å². The molecule has 3 aliphatic rings. The zero-order valence-electron chi connectivity index (χ0n) is 21.0. The highest BCUT2D eigenvalue weighted by molar-refractivity contribution is 5.82. The lowest BCUT2D eigenvalue weighted by Crippen LogP contribution is -2.41. The summed E-state index contributed by atoms with van der Waals surface area (Å²) in [6, 6.07) is 6.57. The molecule has 0 spiro atoms. The lowest BCUT2D eigenvalue weighted by atomic mass is 9.85. The Balaban J connectivity index is 1.32. The monoisotopic (exact) mass is 510 g/mol. The van der Waals surface area contributed by atoms with E-state index in [2.05, 4.69) is 20.0 Å². The first-order valence-electron chi connectivity index (χ1n) is 12.8. The van der Waals surface area contributed by atoms with Crippen molar-refractivity contribution in [3.8, 4) is 11.8 Å². The number of anilines is 1. The van der Waals surface area contributed by atoms with E-state index in [1.807, 2.05) is 30.0 Å². The molecule has 3 aliphatic heterocycles. The Morgan fingerprint density at radius 3 is 2.78 bits per heavy atom. The minimum absolute atomic E-state index is 0.0256. The summed E-state index contributed by atoms with van der Waals surface area (Å²) >= 11 is 0. The Kier molecular flexibility index (Phi) is 6.20. The summed E-state index contributed by atoms with van der Waals surface area (Å²) in [4.78, 5) is 24.2. The van der Waals surface area contributed by atoms with Crippen molar-refractivity contribution in [1.29, 1.82) is 0 Å². The number of halogens is 1. The molecule has 3 saturated heterocycles. The first-order chi connectivity index (χ1) is 17.9. The van der Waals surface area contributed by atoms with E-state index in [-0.39, 0.29) is 31.0 Å². The minimum atomic E-state index is -1.08. The number of ether oxygens (including phenoxy) is 2. The number of hydrogen-bond donors (Lipinski definition) is 1. The van der Waals surface area contributed by atoms with Crippen molar-refractivity contribution in [2.75, 3.05) is 44.8 Å². The number of alkyl halides is 1. The third kappa shape index (κ3) is 4.50. The maximum atomic E-state index is 15.4. The maximum Gasteiger partial charge on any atom is 0.320 e. The number of likely N-dealkylation sites (tertiary alicyclic amines) is 1. The normalized spacial score (nSPS) is 25.8. The first kappa shape index (κ1) is 24.1. The van der Waals surface area contributed by atoms with Crippen molar-refractivity contribution in [2.24, 2.45) is 0 Å². The average Bonchev–Trinajstić information content (AvgIpc) is 3.63. The highest BCUT2D eigenvalue weighted by Gasteiger charge is 2.40. The number of aliphatic carboxylic acids is 1. The summed E-state index contributed by atoms with van der Waals surface area (Å²) in [6.07, 6.45) is 2.61. The molecule has 0 radical (unpaired) electrons.